The van der Waals surface area contributed by atoms with Gasteiger partial charge in [0.2, 0.25) is 11.8 Å². The third-order valence-electron chi connectivity index (χ3n) is 16.4. The normalized spacial score (nSPS) is 14.9. The average molecular weight is 1330 g/mol. The lowest BCUT2D eigenvalue weighted by molar-refractivity contribution is -0.308. The van der Waals surface area contributed by atoms with Gasteiger partial charge in [0.25, 0.3) is 0 Å². The molecule has 0 aromatic heterocycles. The number of carbonyl (C=O) groups is 8. The number of ether oxygens (including phenoxy) is 2. The molecular weight excluding hydrogens is 1200 g/mol. The van der Waals surface area contributed by atoms with Crippen molar-refractivity contribution in [2.75, 3.05) is 131 Å². The number of hydrogen-bond donors (Lipinski definition) is 4. The molecule has 0 spiro atoms. The SMILES string of the molecule is CCCCCCCCCCCCCCCC(=O)OC[C@@H](COP(C)(=O)OCCNC(=O)CCCCCNC(=O)NCCCCCCNC(=O)CN1CCN(CC(=O)[O-])CCN(CC(=O)[O-])CCN(CC(=O)[O-])CC1)OC(=O)CCCCCCCCCCCCCCC. The number of carboxylic acids is 3. The van der Waals surface area contributed by atoms with Crippen LogP contribution in [0.15, 0.2) is 0 Å². The third kappa shape index (κ3) is 55.9. The van der Waals surface area contributed by atoms with Crippen molar-refractivity contribution < 1.29 is 76.8 Å². The molecule has 0 aromatic rings. The molecule has 1 rings (SSSR count). The van der Waals surface area contributed by atoms with Crippen LogP contribution in [0.2, 0.25) is 0 Å². The number of rotatable bonds is 59. The summed E-state index contributed by atoms with van der Waals surface area (Å²) in [6.07, 6.45) is 35.9. The first-order chi connectivity index (χ1) is 44.4. The van der Waals surface area contributed by atoms with E-state index in [1.54, 1.807) is 14.7 Å². The van der Waals surface area contributed by atoms with Crippen LogP contribution in [0.1, 0.15) is 245 Å². The fourth-order valence-electron chi connectivity index (χ4n) is 10.8. The van der Waals surface area contributed by atoms with Gasteiger partial charge in [-0.25, -0.2) is 4.79 Å². The van der Waals surface area contributed by atoms with Crippen molar-refractivity contribution in [3.8, 4) is 0 Å². The lowest BCUT2D eigenvalue weighted by Gasteiger charge is -2.34. The molecule has 0 aromatic carbocycles. The number of aliphatic carboxylic acids is 3. The van der Waals surface area contributed by atoms with Gasteiger partial charge < -0.3 is 69.5 Å². The van der Waals surface area contributed by atoms with Crippen molar-refractivity contribution in [3.63, 3.8) is 0 Å². The summed E-state index contributed by atoms with van der Waals surface area (Å²) >= 11 is 0. The Bertz CT molecular complexity index is 1960. The number of nitrogens with one attached hydrogen (secondary N) is 4. The van der Waals surface area contributed by atoms with Gasteiger partial charge in [-0.05, 0) is 38.5 Å². The summed E-state index contributed by atoms with van der Waals surface area (Å²) in [4.78, 5) is 104. The van der Waals surface area contributed by atoms with Crippen LogP contribution in [0.4, 0.5) is 4.79 Å². The van der Waals surface area contributed by atoms with Gasteiger partial charge in [0.15, 0.2) is 6.10 Å². The molecule has 24 nitrogen and oxygen atoms in total. The Morgan fingerprint density at radius 1 is 0.380 bits per heavy atom. The van der Waals surface area contributed by atoms with Crippen molar-refractivity contribution in [1.82, 2.24) is 40.9 Å². The molecule has 0 radical (unpaired) electrons. The Kier molecular flexibility index (Phi) is 54.9. The summed E-state index contributed by atoms with van der Waals surface area (Å²) in [7, 11) is -3.65. The van der Waals surface area contributed by atoms with Gasteiger partial charge in [-0.2, -0.15) is 0 Å². The van der Waals surface area contributed by atoms with Crippen LogP contribution < -0.4 is 36.6 Å². The number of nitrogens with zero attached hydrogens (tertiary/aromatic N) is 4. The summed E-state index contributed by atoms with van der Waals surface area (Å²) in [6.45, 7) is 7.48. The molecule has 4 N–H and O–H groups in total. The maximum absolute atomic E-state index is 13.3. The lowest BCUT2D eigenvalue weighted by Crippen LogP contribution is -2.52. The van der Waals surface area contributed by atoms with Gasteiger partial charge in [0, 0.05) is 124 Å². The predicted molar refractivity (Wildman–Crippen MR) is 352 cm³/mol. The Morgan fingerprint density at radius 2 is 0.707 bits per heavy atom. The highest BCUT2D eigenvalue weighted by Crippen LogP contribution is 2.43. The van der Waals surface area contributed by atoms with Crippen molar-refractivity contribution in [1.29, 1.82) is 0 Å². The molecular formula is C67H124N8O16P-3. The molecule has 4 amide bonds. The monoisotopic (exact) mass is 1330 g/mol. The van der Waals surface area contributed by atoms with Crippen molar-refractivity contribution in [2.24, 2.45) is 0 Å². The first-order valence-electron chi connectivity index (χ1n) is 35.7. The van der Waals surface area contributed by atoms with Gasteiger partial charge in [-0.1, -0.05) is 187 Å². The van der Waals surface area contributed by atoms with Gasteiger partial charge in [-0.15, -0.1) is 0 Å². The molecule has 536 valence electrons. The summed E-state index contributed by atoms with van der Waals surface area (Å²) in [6, 6.07) is -0.285. The first-order valence-corrected chi connectivity index (χ1v) is 37.7. The highest BCUT2D eigenvalue weighted by atomic mass is 31.2. The van der Waals surface area contributed by atoms with Crippen LogP contribution in [0.3, 0.4) is 0 Å². The molecule has 2 atom stereocenters. The van der Waals surface area contributed by atoms with E-state index in [4.69, 9.17) is 18.5 Å². The predicted octanol–water partition coefficient (Wildman–Crippen LogP) is 6.38. The largest absolute Gasteiger partial charge is 0.549 e. The molecule has 0 aliphatic carbocycles. The fourth-order valence-corrected chi connectivity index (χ4v) is 11.8. The number of unbranched alkanes of at least 4 members (excludes halogenated alkanes) is 29. The van der Waals surface area contributed by atoms with Crippen molar-refractivity contribution in [2.45, 2.75) is 251 Å². The van der Waals surface area contributed by atoms with E-state index in [-0.39, 0.29) is 128 Å². The van der Waals surface area contributed by atoms with E-state index < -0.39 is 44.1 Å². The number of carboxylic acid groups (broad SMARTS) is 3. The van der Waals surface area contributed by atoms with Gasteiger partial charge in [0.05, 0.1) is 37.7 Å². The van der Waals surface area contributed by atoms with E-state index in [1.165, 1.54) is 122 Å². The second kappa shape index (κ2) is 59.1. The number of carbonyl (C=O) groups excluding carboxylic acids is 8. The zero-order valence-electron chi connectivity index (χ0n) is 57.2. The second-order valence-electron chi connectivity index (χ2n) is 25.0. The van der Waals surface area contributed by atoms with Gasteiger partial charge in [0.1, 0.15) is 6.61 Å². The maximum Gasteiger partial charge on any atom is 0.327 e. The molecule has 25 heteroatoms. The Labute approximate surface area is 553 Å². The summed E-state index contributed by atoms with van der Waals surface area (Å²) in [5.41, 5.74) is 0. The van der Waals surface area contributed by atoms with Crippen molar-refractivity contribution in [3.05, 3.63) is 0 Å². The highest BCUT2D eigenvalue weighted by molar-refractivity contribution is 7.52. The average Bonchev–Trinajstić information content (AvgIpc) is 2.22. The highest BCUT2D eigenvalue weighted by Gasteiger charge is 2.25. The lowest BCUT2D eigenvalue weighted by atomic mass is 10.0. The molecule has 1 saturated heterocycles. The molecule has 1 heterocycles. The van der Waals surface area contributed by atoms with E-state index in [0.717, 1.165) is 64.2 Å². The van der Waals surface area contributed by atoms with Crippen LogP contribution in [0.5, 0.6) is 0 Å². The number of esters is 2. The Morgan fingerprint density at radius 3 is 1.11 bits per heavy atom. The fraction of sp³-hybridized carbons (Fsp3) is 0.881. The molecule has 1 aliphatic rings. The summed E-state index contributed by atoms with van der Waals surface area (Å²) < 4.78 is 35.7. The molecule has 92 heavy (non-hydrogen) atoms. The zero-order valence-corrected chi connectivity index (χ0v) is 58.1. The second-order valence-corrected chi connectivity index (χ2v) is 27.1. The maximum atomic E-state index is 13.3. The molecule has 0 bridgehead atoms. The number of amides is 4. The standard InChI is InChI=1S/C67H127N8O16P/c1-4-6-8-10-12-14-16-18-20-22-24-26-32-38-65(84)88-57-59(91-66(85)39-33-27-25-23-21-19-17-15-13-11-9-7-5-2)58-90-92(3,87)89-52-43-69-60(76)37-31-30-36-42-71-67(86)70-41-35-29-28-34-40-68-61(77)53-72-44-46-73(54-62(78)79)48-50-75(56-64(82)83)51-49-74(47-45-72)55-63(80)81/h59H,4-58H2,1-3H3,(H,68,77)(H,69,76)(H,78,79)(H,80,81)(H,82,83)(H2,70,71,86)/p-3/t59-,92?/m0/s1. The molecule has 0 saturated carbocycles. The minimum Gasteiger partial charge on any atom is -0.549 e. The van der Waals surface area contributed by atoms with E-state index in [0.29, 0.717) is 64.8 Å². The van der Waals surface area contributed by atoms with E-state index in [1.807, 2.05) is 4.90 Å². The quantitative estimate of drug-likeness (QED) is 0.0291. The van der Waals surface area contributed by atoms with E-state index >= 15 is 0 Å². The Balaban J connectivity index is 2.35. The van der Waals surface area contributed by atoms with E-state index in [9.17, 15) is 58.2 Å². The minimum absolute atomic E-state index is 0.00979. The van der Waals surface area contributed by atoms with E-state index in [2.05, 4.69) is 35.1 Å². The number of hydrogen-bond acceptors (Lipinski definition) is 20. The van der Waals surface area contributed by atoms with Crippen molar-refractivity contribution >= 4 is 55.3 Å². The minimum atomic E-state index is -3.65. The third-order valence-corrected chi connectivity index (χ3v) is 17.6. The first kappa shape index (κ1) is 85.6. The topological polar surface area (TPSA) is 321 Å². The van der Waals surface area contributed by atoms with Crippen LogP contribution in [-0.2, 0) is 56.6 Å². The van der Waals surface area contributed by atoms with Gasteiger partial charge in [-0.3, -0.25) is 43.3 Å². The van der Waals surface area contributed by atoms with Crippen LogP contribution in [0, 0.1) is 0 Å². The van der Waals surface area contributed by atoms with Crippen LogP contribution in [-0.4, -0.2) is 205 Å². The summed E-state index contributed by atoms with van der Waals surface area (Å²) in [5, 5.41) is 45.6. The number of urea groups is 1. The smallest absolute Gasteiger partial charge is 0.327 e. The van der Waals surface area contributed by atoms with Gasteiger partial charge >= 0.3 is 25.6 Å². The van der Waals surface area contributed by atoms with Crippen LogP contribution >= 0.6 is 7.60 Å². The Hall–Kier alpha value is -4.45. The molecule has 1 fully saturated rings. The zero-order chi connectivity index (χ0) is 67.6. The van der Waals surface area contributed by atoms with Crippen LogP contribution in [0.25, 0.3) is 0 Å². The summed E-state index contributed by atoms with van der Waals surface area (Å²) in [5.74, 6) is -5.11. The molecule has 1 unspecified atom stereocenters. The molecule has 1 aliphatic heterocycles.